The van der Waals surface area contributed by atoms with Crippen LogP contribution in [0.15, 0.2) is 48.5 Å². The van der Waals surface area contributed by atoms with Crippen LogP contribution in [0.25, 0.3) is 0 Å². The van der Waals surface area contributed by atoms with E-state index >= 15 is 0 Å². The van der Waals surface area contributed by atoms with Gasteiger partial charge in [-0.05, 0) is 49.2 Å². The van der Waals surface area contributed by atoms with Crippen molar-refractivity contribution in [2.75, 3.05) is 24.1 Å². The molecular weight excluding hydrogens is 362 g/mol. The van der Waals surface area contributed by atoms with Gasteiger partial charge in [0.25, 0.3) is 5.91 Å². The maximum atomic E-state index is 12.5. The second-order valence-electron chi connectivity index (χ2n) is 6.91. The van der Waals surface area contributed by atoms with Gasteiger partial charge < -0.3 is 5.32 Å². The topological polar surface area (TPSA) is 78.5 Å². The molecular formula is C20H25N3O3S. The van der Waals surface area contributed by atoms with E-state index in [9.17, 15) is 13.2 Å². The summed E-state index contributed by atoms with van der Waals surface area (Å²) in [5.74, 6) is -0.313. The maximum Gasteiger partial charge on any atom is 0.253 e. The molecule has 1 aliphatic rings. The number of benzene rings is 2. The van der Waals surface area contributed by atoms with E-state index in [1.54, 1.807) is 24.3 Å². The SMILES string of the molecule is CS(=O)(=O)Nc1ccccc1C(=O)NCc1cccc(CN2CCCC2)c1. The van der Waals surface area contributed by atoms with Gasteiger partial charge in [-0.25, -0.2) is 8.42 Å². The van der Waals surface area contributed by atoms with E-state index in [4.69, 9.17) is 0 Å². The average Bonchev–Trinajstić information content (AvgIpc) is 3.12. The standard InChI is InChI=1S/C20H25N3O3S/c1-27(25,26)22-19-10-3-2-9-18(19)20(24)21-14-16-7-6-8-17(13-16)15-23-11-4-5-12-23/h2-3,6-10,13,22H,4-5,11-12,14-15H2,1H3,(H,21,24). The third kappa shape index (κ3) is 5.80. The highest BCUT2D eigenvalue weighted by atomic mass is 32.2. The van der Waals surface area contributed by atoms with E-state index in [1.807, 2.05) is 12.1 Å². The fourth-order valence-corrected chi connectivity index (χ4v) is 3.86. The molecule has 27 heavy (non-hydrogen) atoms. The van der Waals surface area contributed by atoms with Gasteiger partial charge in [-0.15, -0.1) is 0 Å². The van der Waals surface area contributed by atoms with Crippen LogP contribution in [-0.2, 0) is 23.1 Å². The van der Waals surface area contributed by atoms with Crippen LogP contribution in [0.4, 0.5) is 5.69 Å². The van der Waals surface area contributed by atoms with Crippen molar-refractivity contribution in [3.8, 4) is 0 Å². The zero-order chi connectivity index (χ0) is 19.3. The summed E-state index contributed by atoms with van der Waals surface area (Å²) < 4.78 is 25.4. The molecule has 144 valence electrons. The van der Waals surface area contributed by atoms with E-state index in [-0.39, 0.29) is 11.6 Å². The summed E-state index contributed by atoms with van der Waals surface area (Å²) in [5.41, 5.74) is 2.84. The van der Waals surface area contributed by atoms with E-state index in [1.165, 1.54) is 18.4 Å². The number of hydrogen-bond donors (Lipinski definition) is 2. The summed E-state index contributed by atoms with van der Waals surface area (Å²) in [6, 6.07) is 14.8. The number of nitrogens with zero attached hydrogens (tertiary/aromatic N) is 1. The molecule has 0 aliphatic carbocycles. The quantitative estimate of drug-likeness (QED) is 0.765. The number of carbonyl (C=O) groups excluding carboxylic acids is 1. The van der Waals surface area contributed by atoms with Gasteiger partial charge in [0.1, 0.15) is 0 Å². The lowest BCUT2D eigenvalue weighted by Crippen LogP contribution is -2.25. The summed E-state index contributed by atoms with van der Waals surface area (Å²) in [7, 11) is -3.45. The Labute approximate surface area is 160 Å². The zero-order valence-electron chi connectivity index (χ0n) is 15.4. The van der Waals surface area contributed by atoms with Crippen LogP contribution < -0.4 is 10.0 Å². The maximum absolute atomic E-state index is 12.5. The Morgan fingerprint density at radius 2 is 1.74 bits per heavy atom. The molecule has 0 unspecified atom stereocenters. The van der Waals surface area contributed by atoms with Gasteiger partial charge in [-0.1, -0.05) is 36.4 Å². The van der Waals surface area contributed by atoms with Crippen LogP contribution >= 0.6 is 0 Å². The number of nitrogens with one attached hydrogen (secondary N) is 2. The van der Waals surface area contributed by atoms with Crippen molar-refractivity contribution >= 4 is 21.6 Å². The molecule has 2 aromatic carbocycles. The van der Waals surface area contributed by atoms with Crippen LogP contribution in [0.2, 0.25) is 0 Å². The molecule has 0 radical (unpaired) electrons. The third-order valence-corrected chi connectivity index (χ3v) is 5.11. The molecule has 0 aromatic heterocycles. The largest absolute Gasteiger partial charge is 0.348 e. The smallest absolute Gasteiger partial charge is 0.253 e. The minimum Gasteiger partial charge on any atom is -0.348 e. The molecule has 0 bridgehead atoms. The number of likely N-dealkylation sites (tertiary alicyclic amines) is 1. The van der Waals surface area contributed by atoms with Gasteiger partial charge in [0, 0.05) is 13.1 Å². The number of carbonyl (C=O) groups is 1. The Bertz CT molecular complexity index is 906. The summed E-state index contributed by atoms with van der Waals surface area (Å²) in [5, 5.41) is 2.87. The Balaban J connectivity index is 1.64. The summed E-state index contributed by atoms with van der Waals surface area (Å²) >= 11 is 0. The third-order valence-electron chi connectivity index (χ3n) is 4.52. The average molecular weight is 388 g/mol. The first-order valence-corrected chi connectivity index (χ1v) is 10.9. The van der Waals surface area contributed by atoms with Crippen LogP contribution in [0.3, 0.4) is 0 Å². The van der Waals surface area contributed by atoms with Crippen LogP contribution in [-0.4, -0.2) is 38.6 Å². The van der Waals surface area contributed by atoms with Gasteiger partial charge in [0.2, 0.25) is 10.0 Å². The minimum absolute atomic E-state index is 0.278. The molecule has 1 aliphatic heterocycles. The summed E-state index contributed by atoms with van der Waals surface area (Å²) in [6.07, 6.45) is 3.58. The molecule has 1 fully saturated rings. The highest BCUT2D eigenvalue weighted by Crippen LogP contribution is 2.17. The molecule has 0 atom stereocenters. The fraction of sp³-hybridized carbons (Fsp3) is 0.350. The molecule has 0 spiro atoms. The van der Waals surface area contributed by atoms with Crippen molar-refractivity contribution in [2.24, 2.45) is 0 Å². The van der Waals surface area contributed by atoms with E-state index in [0.717, 1.165) is 31.5 Å². The number of anilines is 1. The Morgan fingerprint density at radius 1 is 1.04 bits per heavy atom. The molecule has 0 saturated carbocycles. The van der Waals surface area contributed by atoms with Crippen molar-refractivity contribution in [1.82, 2.24) is 10.2 Å². The zero-order valence-corrected chi connectivity index (χ0v) is 16.3. The predicted molar refractivity (Wildman–Crippen MR) is 107 cm³/mol. The van der Waals surface area contributed by atoms with Crippen LogP contribution in [0.1, 0.15) is 34.3 Å². The molecule has 3 rings (SSSR count). The van der Waals surface area contributed by atoms with Crippen LogP contribution in [0.5, 0.6) is 0 Å². The van der Waals surface area contributed by atoms with E-state index < -0.39 is 10.0 Å². The highest BCUT2D eigenvalue weighted by molar-refractivity contribution is 7.92. The second-order valence-corrected chi connectivity index (χ2v) is 8.65. The number of rotatable bonds is 7. The van der Waals surface area contributed by atoms with Crippen molar-refractivity contribution in [2.45, 2.75) is 25.9 Å². The minimum atomic E-state index is -3.45. The molecule has 2 aromatic rings. The van der Waals surface area contributed by atoms with Gasteiger partial charge in [0.05, 0.1) is 17.5 Å². The normalized spacial score (nSPS) is 14.9. The van der Waals surface area contributed by atoms with E-state index in [2.05, 4.69) is 27.1 Å². The lowest BCUT2D eigenvalue weighted by Gasteiger charge is -2.15. The predicted octanol–water partition coefficient (Wildman–Crippen LogP) is 2.58. The number of hydrogen-bond acceptors (Lipinski definition) is 4. The first kappa shape index (κ1) is 19.4. The van der Waals surface area contributed by atoms with Crippen molar-refractivity contribution < 1.29 is 13.2 Å². The first-order valence-electron chi connectivity index (χ1n) is 9.06. The monoisotopic (exact) mass is 387 g/mol. The summed E-state index contributed by atoms with van der Waals surface area (Å²) in [4.78, 5) is 15.0. The highest BCUT2D eigenvalue weighted by Gasteiger charge is 2.14. The fourth-order valence-electron chi connectivity index (χ4n) is 3.28. The van der Waals surface area contributed by atoms with E-state index in [0.29, 0.717) is 12.1 Å². The van der Waals surface area contributed by atoms with Crippen LogP contribution in [0, 0.1) is 0 Å². The Hall–Kier alpha value is -2.38. The first-order chi connectivity index (χ1) is 12.9. The van der Waals surface area contributed by atoms with Gasteiger partial charge in [-0.2, -0.15) is 0 Å². The molecule has 1 heterocycles. The van der Waals surface area contributed by atoms with Crippen molar-refractivity contribution in [3.05, 3.63) is 65.2 Å². The number of sulfonamides is 1. The molecule has 7 heteroatoms. The molecule has 2 N–H and O–H groups in total. The van der Waals surface area contributed by atoms with Gasteiger partial charge >= 0.3 is 0 Å². The molecule has 6 nitrogen and oxygen atoms in total. The van der Waals surface area contributed by atoms with Crippen molar-refractivity contribution in [1.29, 1.82) is 0 Å². The lowest BCUT2D eigenvalue weighted by atomic mass is 10.1. The Morgan fingerprint density at radius 3 is 2.48 bits per heavy atom. The number of para-hydroxylation sites is 1. The lowest BCUT2D eigenvalue weighted by molar-refractivity contribution is 0.0952. The van der Waals surface area contributed by atoms with Gasteiger partial charge in [0.15, 0.2) is 0 Å². The van der Waals surface area contributed by atoms with Crippen molar-refractivity contribution in [3.63, 3.8) is 0 Å². The molecule has 1 amide bonds. The van der Waals surface area contributed by atoms with Gasteiger partial charge in [-0.3, -0.25) is 14.4 Å². The molecule has 1 saturated heterocycles. The summed E-state index contributed by atoms with van der Waals surface area (Å²) in [6.45, 7) is 3.61. The number of amides is 1. The Kier molecular flexibility index (Phi) is 6.13. The second kappa shape index (κ2) is 8.54.